The van der Waals surface area contributed by atoms with Crippen molar-refractivity contribution in [3.63, 3.8) is 0 Å². The molecular formula is C29H29BrN2O4S. The van der Waals surface area contributed by atoms with Crippen molar-refractivity contribution in [1.82, 2.24) is 4.90 Å². The van der Waals surface area contributed by atoms with Crippen LogP contribution in [0, 0.1) is 6.92 Å². The maximum atomic E-state index is 13.2. The molecule has 1 aliphatic heterocycles. The Morgan fingerprint density at radius 3 is 2.35 bits per heavy atom. The Bertz CT molecular complexity index is 1320. The van der Waals surface area contributed by atoms with E-state index >= 15 is 0 Å². The highest BCUT2D eigenvalue weighted by molar-refractivity contribution is 9.10. The Labute approximate surface area is 230 Å². The number of aliphatic imine (C=N–C) groups is 1. The molecule has 8 heteroatoms. The number of amides is 1. The minimum Gasteiger partial charge on any atom is -0.497 e. The van der Waals surface area contributed by atoms with E-state index < -0.39 is 0 Å². The fourth-order valence-electron chi connectivity index (χ4n) is 3.67. The molecule has 3 aromatic rings. The lowest BCUT2D eigenvalue weighted by atomic mass is 10.1. The Morgan fingerprint density at radius 1 is 1.00 bits per heavy atom. The highest BCUT2D eigenvalue weighted by Gasteiger charge is 2.32. The van der Waals surface area contributed by atoms with Gasteiger partial charge in [-0.25, -0.2) is 4.99 Å². The van der Waals surface area contributed by atoms with Crippen molar-refractivity contribution in [2.24, 2.45) is 4.99 Å². The van der Waals surface area contributed by atoms with Crippen molar-refractivity contribution in [3.8, 4) is 17.2 Å². The summed E-state index contributed by atoms with van der Waals surface area (Å²) >= 11 is 5.01. The summed E-state index contributed by atoms with van der Waals surface area (Å²) in [5.74, 6) is 1.94. The molecule has 0 bridgehead atoms. The molecule has 0 aromatic heterocycles. The van der Waals surface area contributed by atoms with Gasteiger partial charge in [-0.1, -0.05) is 45.8 Å². The van der Waals surface area contributed by atoms with Crippen LogP contribution in [0.3, 0.4) is 0 Å². The molecular weight excluding hydrogens is 552 g/mol. The summed E-state index contributed by atoms with van der Waals surface area (Å²) in [5.41, 5.74) is 3.86. The summed E-state index contributed by atoms with van der Waals surface area (Å²) in [4.78, 5) is 20.1. The summed E-state index contributed by atoms with van der Waals surface area (Å²) in [6.45, 7) is 7.38. The number of carbonyl (C=O) groups is 1. The van der Waals surface area contributed by atoms with Gasteiger partial charge in [0.25, 0.3) is 5.91 Å². The molecule has 6 nitrogen and oxygen atoms in total. The average molecular weight is 582 g/mol. The van der Waals surface area contributed by atoms with Crippen LogP contribution >= 0.6 is 27.7 Å². The molecule has 1 heterocycles. The zero-order chi connectivity index (χ0) is 26.4. The number of methoxy groups -OCH3 is 1. The molecule has 0 radical (unpaired) electrons. The maximum Gasteiger partial charge on any atom is 0.266 e. The SMILES string of the molecule is CCOc1cc(/C=C2/SC(=Nc3ccc(OC)cc3)N(CC)C2=O)c(Br)cc1OCc1ccc(C)cc1. The van der Waals surface area contributed by atoms with Crippen LogP contribution in [0.5, 0.6) is 17.2 Å². The van der Waals surface area contributed by atoms with Crippen LogP contribution in [0.4, 0.5) is 5.69 Å². The third kappa shape index (κ3) is 6.56. The number of benzene rings is 3. The topological polar surface area (TPSA) is 60.4 Å². The number of thioether (sulfide) groups is 1. The number of hydrogen-bond acceptors (Lipinski definition) is 6. The Balaban J connectivity index is 1.59. The van der Waals surface area contributed by atoms with E-state index in [0.29, 0.717) is 41.3 Å². The summed E-state index contributed by atoms with van der Waals surface area (Å²) in [6, 6.07) is 19.5. The van der Waals surface area contributed by atoms with Gasteiger partial charge < -0.3 is 14.2 Å². The first-order valence-electron chi connectivity index (χ1n) is 12.0. The molecule has 1 saturated heterocycles. The number of nitrogens with zero attached hydrogens (tertiary/aromatic N) is 2. The molecule has 37 heavy (non-hydrogen) atoms. The van der Waals surface area contributed by atoms with Crippen LogP contribution in [0.25, 0.3) is 6.08 Å². The smallest absolute Gasteiger partial charge is 0.266 e. The van der Waals surface area contributed by atoms with Gasteiger partial charge in [0, 0.05) is 11.0 Å². The zero-order valence-electron chi connectivity index (χ0n) is 21.3. The van der Waals surface area contributed by atoms with Crippen molar-refractivity contribution in [3.05, 3.63) is 86.7 Å². The van der Waals surface area contributed by atoms with E-state index in [1.165, 1.54) is 17.3 Å². The number of amidine groups is 1. The lowest BCUT2D eigenvalue weighted by Crippen LogP contribution is -2.28. The van der Waals surface area contributed by atoms with Gasteiger partial charge >= 0.3 is 0 Å². The average Bonchev–Trinajstić information content (AvgIpc) is 3.19. The predicted molar refractivity (Wildman–Crippen MR) is 154 cm³/mol. The number of rotatable bonds is 9. The molecule has 1 aliphatic rings. The number of ether oxygens (including phenoxy) is 3. The number of hydrogen-bond donors (Lipinski definition) is 0. The minimum atomic E-state index is -0.0793. The van der Waals surface area contributed by atoms with Crippen molar-refractivity contribution >= 4 is 50.5 Å². The number of likely N-dealkylation sites (N-methyl/N-ethyl adjacent to an activating group) is 1. The van der Waals surface area contributed by atoms with Gasteiger partial charge in [0.1, 0.15) is 12.4 Å². The van der Waals surface area contributed by atoms with Crippen molar-refractivity contribution in [2.45, 2.75) is 27.4 Å². The van der Waals surface area contributed by atoms with E-state index in [9.17, 15) is 4.79 Å². The van der Waals surface area contributed by atoms with Crippen LogP contribution in [-0.4, -0.2) is 36.2 Å². The van der Waals surface area contributed by atoms with Crippen molar-refractivity contribution in [1.29, 1.82) is 0 Å². The van der Waals surface area contributed by atoms with Gasteiger partial charge in [0.15, 0.2) is 16.7 Å². The second-order valence-corrected chi connectivity index (χ2v) is 10.1. The summed E-state index contributed by atoms with van der Waals surface area (Å²) < 4.78 is 18.0. The molecule has 0 atom stereocenters. The van der Waals surface area contributed by atoms with Gasteiger partial charge in [-0.2, -0.15) is 0 Å². The summed E-state index contributed by atoms with van der Waals surface area (Å²) in [7, 11) is 1.63. The second-order valence-electron chi connectivity index (χ2n) is 8.28. The quantitative estimate of drug-likeness (QED) is 0.247. The van der Waals surface area contributed by atoms with Gasteiger partial charge in [-0.3, -0.25) is 9.69 Å². The van der Waals surface area contributed by atoms with E-state index in [1.54, 1.807) is 12.0 Å². The van der Waals surface area contributed by atoms with Crippen LogP contribution in [-0.2, 0) is 11.4 Å². The molecule has 0 N–H and O–H groups in total. The first-order valence-corrected chi connectivity index (χ1v) is 13.6. The van der Waals surface area contributed by atoms with Crippen molar-refractivity contribution in [2.75, 3.05) is 20.3 Å². The lowest BCUT2D eigenvalue weighted by molar-refractivity contribution is -0.122. The molecule has 4 rings (SSSR count). The van der Waals surface area contributed by atoms with Crippen LogP contribution in [0.15, 0.2) is 75.0 Å². The standard InChI is InChI=1S/C29H29BrN2O4S/c1-5-32-28(33)27(37-29(32)31-22-11-13-23(34-4)14-12-22)16-21-15-25(35-6-2)26(17-24(21)30)36-18-20-9-7-19(3)8-10-20/h7-17H,5-6,18H2,1-4H3/b27-16+,31-29?. The minimum absolute atomic E-state index is 0.0793. The van der Waals surface area contributed by atoms with Crippen LogP contribution in [0.1, 0.15) is 30.5 Å². The molecule has 192 valence electrons. The molecule has 1 fully saturated rings. The Kier molecular flexibility index (Phi) is 8.95. The number of carbonyl (C=O) groups excluding carboxylic acids is 1. The van der Waals surface area contributed by atoms with E-state index in [4.69, 9.17) is 19.2 Å². The van der Waals surface area contributed by atoms with E-state index in [1.807, 2.05) is 56.3 Å². The highest BCUT2D eigenvalue weighted by atomic mass is 79.9. The van der Waals surface area contributed by atoms with Gasteiger partial charge in [-0.05, 0) is 86.1 Å². The van der Waals surface area contributed by atoms with E-state index in [-0.39, 0.29) is 5.91 Å². The van der Waals surface area contributed by atoms with Gasteiger partial charge in [0.2, 0.25) is 0 Å². The third-order valence-corrected chi connectivity index (χ3v) is 7.36. The first kappa shape index (κ1) is 26.8. The number of aryl methyl sites for hydroxylation is 1. The van der Waals surface area contributed by atoms with E-state index in [2.05, 4.69) is 47.1 Å². The molecule has 0 saturated carbocycles. The lowest BCUT2D eigenvalue weighted by Gasteiger charge is -2.14. The van der Waals surface area contributed by atoms with Gasteiger partial charge in [0.05, 0.1) is 24.3 Å². The molecule has 0 unspecified atom stereocenters. The maximum absolute atomic E-state index is 13.2. The molecule has 3 aromatic carbocycles. The number of halogens is 1. The fraction of sp³-hybridized carbons (Fsp3) is 0.241. The fourth-order valence-corrected chi connectivity index (χ4v) is 5.16. The molecule has 0 spiro atoms. The van der Waals surface area contributed by atoms with E-state index in [0.717, 1.165) is 27.0 Å². The monoisotopic (exact) mass is 580 g/mol. The highest BCUT2D eigenvalue weighted by Crippen LogP contribution is 2.39. The molecule has 0 aliphatic carbocycles. The van der Waals surface area contributed by atoms with Crippen LogP contribution in [0.2, 0.25) is 0 Å². The first-order chi connectivity index (χ1) is 17.9. The normalized spacial score (nSPS) is 15.5. The molecule has 1 amide bonds. The van der Waals surface area contributed by atoms with Crippen molar-refractivity contribution < 1.29 is 19.0 Å². The van der Waals surface area contributed by atoms with Gasteiger partial charge in [-0.15, -0.1) is 0 Å². The summed E-state index contributed by atoms with van der Waals surface area (Å²) in [6.07, 6.45) is 1.86. The summed E-state index contributed by atoms with van der Waals surface area (Å²) in [5, 5.41) is 0.642. The third-order valence-electron chi connectivity index (χ3n) is 5.67. The largest absolute Gasteiger partial charge is 0.497 e. The zero-order valence-corrected chi connectivity index (χ0v) is 23.7. The van der Waals surface area contributed by atoms with Crippen LogP contribution < -0.4 is 14.2 Å². The predicted octanol–water partition coefficient (Wildman–Crippen LogP) is 7.37. The Hall–Kier alpha value is -3.23. The second kappa shape index (κ2) is 12.3. The Morgan fingerprint density at radius 2 is 1.70 bits per heavy atom.